The molecular weight excluding hydrogens is 234 g/mol. The van der Waals surface area contributed by atoms with Crippen molar-refractivity contribution < 1.29 is 0 Å². The first-order chi connectivity index (χ1) is 7.83. The molecule has 1 nitrogen and oxygen atoms in total. The van der Waals surface area contributed by atoms with Gasteiger partial charge in [-0.05, 0) is 55.9 Å². The van der Waals surface area contributed by atoms with Gasteiger partial charge in [-0.3, -0.25) is 0 Å². The van der Waals surface area contributed by atoms with Gasteiger partial charge in [0.15, 0.2) is 0 Å². The van der Waals surface area contributed by atoms with Crippen LogP contribution in [0.15, 0.2) is 12.1 Å². The van der Waals surface area contributed by atoms with E-state index >= 15 is 0 Å². The van der Waals surface area contributed by atoms with Crippen LogP contribution in [-0.2, 0) is 12.8 Å². The molecule has 90 valence electrons. The largest absolute Gasteiger partial charge is 0.316 e. The molecule has 2 rings (SSSR count). The first-order valence-electron chi connectivity index (χ1n) is 6.16. The summed E-state index contributed by atoms with van der Waals surface area (Å²) in [5.74, 6) is 3.58. The maximum Gasteiger partial charge on any atom is 0.0149 e. The van der Waals surface area contributed by atoms with Gasteiger partial charge in [0.25, 0.3) is 0 Å². The quantitative estimate of drug-likeness (QED) is 0.867. The van der Waals surface area contributed by atoms with Crippen molar-refractivity contribution in [1.29, 1.82) is 0 Å². The van der Waals surface area contributed by atoms with E-state index in [4.69, 9.17) is 0 Å². The molecule has 0 radical (unpaired) electrons. The second-order valence-corrected chi connectivity index (χ2v) is 6.85. The summed E-state index contributed by atoms with van der Waals surface area (Å²) >= 11 is 4.10. The molecule has 1 fully saturated rings. The van der Waals surface area contributed by atoms with Crippen LogP contribution < -0.4 is 5.32 Å². The second kappa shape index (κ2) is 6.08. The predicted octanol–water partition coefficient (Wildman–Crippen LogP) is 3.19. The van der Waals surface area contributed by atoms with E-state index in [1.54, 1.807) is 4.88 Å². The number of thiophene rings is 1. The molecule has 1 aliphatic heterocycles. The van der Waals surface area contributed by atoms with Crippen LogP contribution in [0.3, 0.4) is 0 Å². The second-order valence-electron chi connectivity index (χ2n) is 4.44. The molecule has 1 N–H and O–H groups in total. The fourth-order valence-electron chi connectivity index (χ4n) is 2.31. The SMILES string of the molecule is CCc1ccc(CC(NC)C2CCSC2)s1. The maximum atomic E-state index is 3.51. The van der Waals surface area contributed by atoms with Crippen LogP contribution in [0.5, 0.6) is 0 Å². The molecule has 0 amide bonds. The van der Waals surface area contributed by atoms with Gasteiger partial charge in [-0.2, -0.15) is 11.8 Å². The molecule has 1 saturated heterocycles. The zero-order valence-electron chi connectivity index (χ0n) is 10.2. The van der Waals surface area contributed by atoms with Crippen molar-refractivity contribution >= 4 is 23.1 Å². The Kier molecular flexibility index (Phi) is 4.74. The van der Waals surface area contributed by atoms with Crippen LogP contribution in [0, 0.1) is 5.92 Å². The molecule has 1 aromatic heterocycles. The van der Waals surface area contributed by atoms with E-state index in [0.717, 1.165) is 5.92 Å². The van der Waals surface area contributed by atoms with Gasteiger partial charge in [0, 0.05) is 15.8 Å². The van der Waals surface area contributed by atoms with Crippen molar-refractivity contribution in [1.82, 2.24) is 5.32 Å². The molecule has 1 aliphatic rings. The van der Waals surface area contributed by atoms with Crippen molar-refractivity contribution in [3.05, 3.63) is 21.9 Å². The van der Waals surface area contributed by atoms with Gasteiger partial charge in [-0.1, -0.05) is 6.92 Å². The lowest BCUT2D eigenvalue weighted by Gasteiger charge is -2.21. The van der Waals surface area contributed by atoms with Gasteiger partial charge >= 0.3 is 0 Å². The topological polar surface area (TPSA) is 12.0 Å². The van der Waals surface area contributed by atoms with E-state index in [0.29, 0.717) is 6.04 Å². The first-order valence-corrected chi connectivity index (χ1v) is 8.13. The highest BCUT2D eigenvalue weighted by Gasteiger charge is 2.24. The minimum absolute atomic E-state index is 0.679. The number of rotatable bonds is 5. The summed E-state index contributed by atoms with van der Waals surface area (Å²) in [4.78, 5) is 3.07. The first kappa shape index (κ1) is 12.5. The summed E-state index contributed by atoms with van der Waals surface area (Å²) in [6, 6.07) is 5.28. The summed E-state index contributed by atoms with van der Waals surface area (Å²) in [7, 11) is 2.11. The molecule has 3 heteroatoms. The molecule has 0 bridgehead atoms. The third-order valence-corrected chi connectivity index (χ3v) is 5.83. The van der Waals surface area contributed by atoms with Crippen molar-refractivity contribution in [3.8, 4) is 0 Å². The summed E-state index contributed by atoms with van der Waals surface area (Å²) < 4.78 is 0. The van der Waals surface area contributed by atoms with Gasteiger partial charge in [0.1, 0.15) is 0 Å². The van der Waals surface area contributed by atoms with Crippen LogP contribution in [-0.4, -0.2) is 24.6 Å². The average molecular weight is 255 g/mol. The summed E-state index contributed by atoms with van der Waals surface area (Å²) in [5, 5.41) is 3.51. The minimum atomic E-state index is 0.679. The van der Waals surface area contributed by atoms with E-state index in [1.165, 1.54) is 35.6 Å². The van der Waals surface area contributed by atoms with Crippen molar-refractivity contribution in [2.75, 3.05) is 18.6 Å². The fourth-order valence-corrected chi connectivity index (χ4v) is 4.67. The zero-order chi connectivity index (χ0) is 11.4. The predicted molar refractivity (Wildman–Crippen MR) is 75.7 cm³/mol. The maximum absolute atomic E-state index is 3.51. The van der Waals surface area contributed by atoms with E-state index in [9.17, 15) is 0 Å². The van der Waals surface area contributed by atoms with Crippen molar-refractivity contribution in [2.24, 2.45) is 5.92 Å². The molecule has 2 heterocycles. The van der Waals surface area contributed by atoms with Gasteiger partial charge in [-0.15, -0.1) is 11.3 Å². The van der Waals surface area contributed by atoms with Crippen molar-refractivity contribution in [2.45, 2.75) is 32.2 Å². The van der Waals surface area contributed by atoms with Crippen LogP contribution in [0.4, 0.5) is 0 Å². The van der Waals surface area contributed by atoms with Crippen LogP contribution >= 0.6 is 23.1 Å². The lowest BCUT2D eigenvalue weighted by Crippen LogP contribution is -2.35. The standard InChI is InChI=1S/C13H21NS2/c1-3-11-4-5-12(16-11)8-13(14-2)10-6-7-15-9-10/h4-5,10,13-14H,3,6-9H2,1-2H3. The Morgan fingerprint density at radius 1 is 1.44 bits per heavy atom. The Bertz CT molecular complexity index is 315. The highest BCUT2D eigenvalue weighted by molar-refractivity contribution is 7.99. The third-order valence-electron chi connectivity index (χ3n) is 3.39. The Labute approximate surface area is 107 Å². The van der Waals surface area contributed by atoms with Crippen LogP contribution in [0.2, 0.25) is 0 Å². The minimum Gasteiger partial charge on any atom is -0.316 e. The molecule has 16 heavy (non-hydrogen) atoms. The highest BCUT2D eigenvalue weighted by Crippen LogP contribution is 2.29. The summed E-state index contributed by atoms with van der Waals surface area (Å²) in [5.41, 5.74) is 0. The lowest BCUT2D eigenvalue weighted by atomic mass is 9.96. The number of thioether (sulfide) groups is 1. The molecule has 2 atom stereocenters. The molecule has 0 aromatic carbocycles. The number of nitrogens with one attached hydrogen (secondary N) is 1. The molecule has 1 aromatic rings. The lowest BCUT2D eigenvalue weighted by molar-refractivity contribution is 0.406. The molecule has 0 aliphatic carbocycles. The average Bonchev–Trinajstić information content (AvgIpc) is 2.96. The monoisotopic (exact) mass is 255 g/mol. The Hall–Kier alpha value is 0.01000. The van der Waals surface area contributed by atoms with E-state index in [-0.39, 0.29) is 0 Å². The van der Waals surface area contributed by atoms with E-state index in [1.807, 2.05) is 11.3 Å². The molecule has 2 unspecified atom stereocenters. The zero-order valence-corrected chi connectivity index (χ0v) is 11.8. The van der Waals surface area contributed by atoms with Crippen LogP contribution in [0.1, 0.15) is 23.1 Å². The summed E-state index contributed by atoms with van der Waals surface area (Å²) in [6.45, 7) is 2.23. The molecule has 0 spiro atoms. The van der Waals surface area contributed by atoms with Crippen LogP contribution in [0.25, 0.3) is 0 Å². The van der Waals surface area contributed by atoms with Crippen molar-refractivity contribution in [3.63, 3.8) is 0 Å². The number of hydrogen-bond acceptors (Lipinski definition) is 3. The molecular formula is C13H21NS2. The third kappa shape index (κ3) is 3.02. The Morgan fingerprint density at radius 3 is 2.81 bits per heavy atom. The number of aryl methyl sites for hydroxylation is 1. The number of likely N-dealkylation sites (N-methyl/N-ethyl adjacent to an activating group) is 1. The highest BCUT2D eigenvalue weighted by atomic mass is 32.2. The van der Waals surface area contributed by atoms with Gasteiger partial charge < -0.3 is 5.32 Å². The van der Waals surface area contributed by atoms with E-state index < -0.39 is 0 Å². The van der Waals surface area contributed by atoms with Gasteiger partial charge in [-0.25, -0.2) is 0 Å². The molecule has 0 saturated carbocycles. The van der Waals surface area contributed by atoms with E-state index in [2.05, 4.69) is 43.2 Å². The van der Waals surface area contributed by atoms with Gasteiger partial charge in [0.2, 0.25) is 0 Å². The summed E-state index contributed by atoms with van der Waals surface area (Å²) in [6.07, 6.45) is 3.78. The Morgan fingerprint density at radius 2 is 2.25 bits per heavy atom. The Balaban J connectivity index is 1.94. The number of hydrogen-bond donors (Lipinski definition) is 1. The smallest absolute Gasteiger partial charge is 0.0149 e. The van der Waals surface area contributed by atoms with Gasteiger partial charge in [0.05, 0.1) is 0 Å². The fraction of sp³-hybridized carbons (Fsp3) is 0.692. The normalized spacial score (nSPS) is 22.5.